The third-order valence-corrected chi connectivity index (χ3v) is 5.25. The van der Waals surface area contributed by atoms with Crippen LogP contribution in [0.2, 0.25) is 0 Å². The van der Waals surface area contributed by atoms with Crippen LogP contribution in [0.25, 0.3) is 22.6 Å². The molecule has 6 nitrogen and oxygen atoms in total. The average Bonchev–Trinajstić information content (AvgIpc) is 3.24. The highest BCUT2D eigenvalue weighted by Crippen LogP contribution is 2.29. The van der Waals surface area contributed by atoms with Crippen molar-refractivity contribution in [3.63, 3.8) is 0 Å². The first-order chi connectivity index (χ1) is 15.0. The van der Waals surface area contributed by atoms with Crippen molar-refractivity contribution in [3.8, 4) is 22.6 Å². The number of amides is 1. The van der Waals surface area contributed by atoms with Crippen LogP contribution in [0.15, 0.2) is 71.4 Å². The Morgan fingerprint density at radius 3 is 2.29 bits per heavy atom. The molecule has 0 aliphatic heterocycles. The Morgan fingerprint density at radius 2 is 1.65 bits per heavy atom. The molecule has 0 aliphatic carbocycles. The highest BCUT2D eigenvalue weighted by atomic mass is 16.4. The summed E-state index contributed by atoms with van der Waals surface area (Å²) in [5, 5.41) is 8.02. The van der Waals surface area contributed by atoms with Crippen LogP contribution in [0.4, 0.5) is 0 Å². The van der Waals surface area contributed by atoms with Gasteiger partial charge in [-0.15, -0.1) is 10.2 Å². The lowest BCUT2D eigenvalue weighted by atomic mass is 9.97. The van der Waals surface area contributed by atoms with Gasteiger partial charge < -0.3 is 9.32 Å². The SMILES string of the molecule is CCN(Cc1ccncc1)C(=O)c1ccc(-c2cc(-c3nnc(C)o3)ccc2C)cc1. The molecule has 0 saturated carbocycles. The summed E-state index contributed by atoms with van der Waals surface area (Å²) in [5.41, 5.74) is 5.83. The molecule has 1 amide bonds. The molecule has 2 aromatic carbocycles. The zero-order chi connectivity index (χ0) is 21.8. The highest BCUT2D eigenvalue weighted by molar-refractivity contribution is 5.94. The number of carbonyl (C=O) groups excluding carboxylic acids is 1. The molecule has 31 heavy (non-hydrogen) atoms. The fourth-order valence-corrected chi connectivity index (χ4v) is 3.49. The topological polar surface area (TPSA) is 72.1 Å². The number of aryl methyl sites for hydroxylation is 2. The van der Waals surface area contributed by atoms with E-state index in [1.165, 1.54) is 0 Å². The van der Waals surface area contributed by atoms with E-state index in [0.717, 1.165) is 27.8 Å². The van der Waals surface area contributed by atoms with Gasteiger partial charge in [-0.25, -0.2) is 0 Å². The van der Waals surface area contributed by atoms with E-state index in [2.05, 4.69) is 22.1 Å². The largest absolute Gasteiger partial charge is 0.421 e. The summed E-state index contributed by atoms with van der Waals surface area (Å²) in [6.45, 7) is 7.01. The molecule has 0 spiro atoms. The van der Waals surface area contributed by atoms with Crippen LogP contribution in [0, 0.1) is 13.8 Å². The van der Waals surface area contributed by atoms with Crippen molar-refractivity contribution < 1.29 is 9.21 Å². The number of hydrogen-bond donors (Lipinski definition) is 0. The first kappa shape index (κ1) is 20.5. The molecule has 0 radical (unpaired) electrons. The van der Waals surface area contributed by atoms with Crippen LogP contribution >= 0.6 is 0 Å². The quantitative estimate of drug-likeness (QED) is 0.442. The standard InChI is InChI=1S/C25H24N4O2/c1-4-29(16-19-11-13-26-14-12-19)25(30)21-9-7-20(8-10-21)23-15-22(6-5-17(23)2)24-28-27-18(3)31-24/h5-15H,4,16H2,1-3H3. The molecule has 2 aromatic heterocycles. The molecule has 0 fully saturated rings. The van der Waals surface area contributed by atoms with Crippen LogP contribution in [0.1, 0.15) is 34.3 Å². The van der Waals surface area contributed by atoms with Crippen molar-refractivity contribution in [2.75, 3.05) is 6.54 Å². The molecule has 0 unspecified atom stereocenters. The van der Waals surface area contributed by atoms with Crippen molar-refractivity contribution in [2.24, 2.45) is 0 Å². The number of benzene rings is 2. The van der Waals surface area contributed by atoms with Crippen LogP contribution in [0.5, 0.6) is 0 Å². The van der Waals surface area contributed by atoms with E-state index in [4.69, 9.17) is 4.42 Å². The van der Waals surface area contributed by atoms with E-state index >= 15 is 0 Å². The summed E-state index contributed by atoms with van der Waals surface area (Å²) >= 11 is 0. The minimum Gasteiger partial charge on any atom is -0.421 e. The zero-order valence-corrected chi connectivity index (χ0v) is 17.9. The van der Waals surface area contributed by atoms with Crippen LogP contribution in [-0.4, -0.2) is 32.5 Å². The van der Waals surface area contributed by atoms with E-state index in [1.54, 1.807) is 19.3 Å². The Hall–Kier alpha value is -3.80. The summed E-state index contributed by atoms with van der Waals surface area (Å²) in [6.07, 6.45) is 3.49. The van der Waals surface area contributed by atoms with E-state index in [1.807, 2.05) is 66.4 Å². The van der Waals surface area contributed by atoms with Crippen LogP contribution < -0.4 is 0 Å². The van der Waals surface area contributed by atoms with Gasteiger partial charge in [-0.05, 0) is 72.5 Å². The lowest BCUT2D eigenvalue weighted by Crippen LogP contribution is -2.30. The first-order valence-corrected chi connectivity index (χ1v) is 10.2. The van der Waals surface area contributed by atoms with Crippen molar-refractivity contribution in [1.29, 1.82) is 0 Å². The highest BCUT2D eigenvalue weighted by Gasteiger charge is 2.15. The Labute approximate surface area is 181 Å². The molecule has 4 aromatic rings. The van der Waals surface area contributed by atoms with Crippen molar-refractivity contribution in [3.05, 3.63) is 89.6 Å². The van der Waals surface area contributed by atoms with Gasteiger partial charge >= 0.3 is 0 Å². The van der Waals surface area contributed by atoms with E-state index < -0.39 is 0 Å². The Kier molecular flexibility index (Phi) is 5.89. The average molecular weight is 412 g/mol. The van der Waals surface area contributed by atoms with E-state index in [9.17, 15) is 4.79 Å². The maximum absolute atomic E-state index is 13.0. The smallest absolute Gasteiger partial charge is 0.254 e. The zero-order valence-electron chi connectivity index (χ0n) is 17.9. The molecular weight excluding hydrogens is 388 g/mol. The predicted octanol–water partition coefficient (Wildman–Crippen LogP) is 5.08. The fourth-order valence-electron chi connectivity index (χ4n) is 3.49. The third-order valence-electron chi connectivity index (χ3n) is 5.25. The summed E-state index contributed by atoms with van der Waals surface area (Å²) < 4.78 is 5.56. The van der Waals surface area contributed by atoms with Crippen LogP contribution in [0.3, 0.4) is 0 Å². The second-order valence-corrected chi connectivity index (χ2v) is 7.41. The van der Waals surface area contributed by atoms with E-state index in [-0.39, 0.29) is 5.91 Å². The van der Waals surface area contributed by atoms with Crippen molar-refractivity contribution in [1.82, 2.24) is 20.1 Å². The maximum atomic E-state index is 13.0. The Balaban J connectivity index is 1.57. The number of carbonyl (C=O) groups is 1. The van der Waals surface area contributed by atoms with Gasteiger partial charge in [-0.3, -0.25) is 9.78 Å². The monoisotopic (exact) mass is 412 g/mol. The third kappa shape index (κ3) is 4.53. The number of hydrogen-bond acceptors (Lipinski definition) is 5. The van der Waals surface area contributed by atoms with Gasteiger partial charge in [0, 0.05) is 43.5 Å². The molecule has 0 atom stereocenters. The number of nitrogens with zero attached hydrogens (tertiary/aromatic N) is 4. The molecule has 2 heterocycles. The molecule has 0 N–H and O–H groups in total. The lowest BCUT2D eigenvalue weighted by molar-refractivity contribution is 0.0752. The van der Waals surface area contributed by atoms with Crippen LogP contribution in [-0.2, 0) is 6.54 Å². The molecule has 4 rings (SSSR count). The maximum Gasteiger partial charge on any atom is 0.254 e. The van der Waals surface area contributed by atoms with Gasteiger partial charge in [-0.2, -0.15) is 0 Å². The molecule has 0 saturated heterocycles. The van der Waals surface area contributed by atoms with Gasteiger partial charge in [-0.1, -0.05) is 18.2 Å². The first-order valence-electron chi connectivity index (χ1n) is 10.2. The Bertz CT molecular complexity index is 1180. The Morgan fingerprint density at radius 1 is 0.935 bits per heavy atom. The fraction of sp³-hybridized carbons (Fsp3) is 0.200. The summed E-state index contributed by atoms with van der Waals surface area (Å²) in [6, 6.07) is 17.7. The second kappa shape index (κ2) is 8.92. The number of rotatable bonds is 6. The minimum absolute atomic E-state index is 0.0117. The summed E-state index contributed by atoms with van der Waals surface area (Å²) in [4.78, 5) is 18.9. The molecule has 156 valence electrons. The molecule has 0 bridgehead atoms. The summed E-state index contributed by atoms with van der Waals surface area (Å²) in [5.74, 6) is 1.05. The van der Waals surface area contributed by atoms with E-state index in [0.29, 0.717) is 30.4 Å². The molecular formula is C25H24N4O2. The second-order valence-electron chi connectivity index (χ2n) is 7.41. The molecule has 0 aliphatic rings. The van der Waals surface area contributed by atoms with Gasteiger partial charge in [0.05, 0.1) is 0 Å². The van der Waals surface area contributed by atoms with Gasteiger partial charge in [0.1, 0.15) is 0 Å². The van der Waals surface area contributed by atoms with Crippen molar-refractivity contribution in [2.45, 2.75) is 27.3 Å². The normalized spacial score (nSPS) is 10.8. The van der Waals surface area contributed by atoms with Gasteiger partial charge in [0.25, 0.3) is 5.91 Å². The summed E-state index contributed by atoms with van der Waals surface area (Å²) in [7, 11) is 0. The predicted molar refractivity (Wildman–Crippen MR) is 119 cm³/mol. The lowest BCUT2D eigenvalue weighted by Gasteiger charge is -2.21. The van der Waals surface area contributed by atoms with Gasteiger partial charge in [0.15, 0.2) is 0 Å². The molecule has 6 heteroatoms. The van der Waals surface area contributed by atoms with Gasteiger partial charge in [0.2, 0.25) is 11.8 Å². The minimum atomic E-state index is 0.0117. The number of aromatic nitrogens is 3. The van der Waals surface area contributed by atoms with Crippen molar-refractivity contribution >= 4 is 5.91 Å². The number of pyridine rings is 1.